The number of phenols is 2. The maximum atomic E-state index is 11.8. The third-order valence-electron chi connectivity index (χ3n) is 4.37. The van der Waals surface area contributed by atoms with Crippen LogP contribution in [0.4, 0.5) is 0 Å². The van der Waals surface area contributed by atoms with Gasteiger partial charge < -0.3 is 20.5 Å². The Balaban J connectivity index is 1.97. The van der Waals surface area contributed by atoms with Gasteiger partial charge in [0, 0.05) is 17.6 Å². The molecule has 0 aliphatic heterocycles. The summed E-state index contributed by atoms with van der Waals surface area (Å²) < 4.78 is 1.93. The van der Waals surface area contributed by atoms with Gasteiger partial charge in [-0.05, 0) is 37.5 Å². The van der Waals surface area contributed by atoms with Crippen molar-refractivity contribution in [2.24, 2.45) is 5.73 Å². The van der Waals surface area contributed by atoms with Crippen molar-refractivity contribution in [3.05, 3.63) is 59.8 Å². The molecule has 5 nitrogen and oxygen atoms in total. The molecule has 1 heterocycles. The van der Waals surface area contributed by atoms with Gasteiger partial charge in [-0.3, -0.25) is 4.79 Å². The number of rotatable bonds is 5. The molecule has 1 aromatic heterocycles. The minimum absolute atomic E-state index is 0.0402. The predicted octanol–water partition coefficient (Wildman–Crippen LogP) is 3.35. The molecule has 2 aromatic carbocycles. The molecule has 1 amide bonds. The second-order valence-corrected chi connectivity index (χ2v) is 6.02. The Hall–Kier alpha value is -2.95. The Morgan fingerprint density at radius 1 is 1.21 bits per heavy atom. The number of fused-ring (bicyclic) bond motifs is 1. The van der Waals surface area contributed by atoms with Crippen LogP contribution in [0.3, 0.4) is 0 Å². The number of primary amides is 1. The lowest BCUT2D eigenvalue weighted by Crippen LogP contribution is -2.15. The molecule has 124 valence electrons. The summed E-state index contributed by atoms with van der Waals surface area (Å²) in [6.07, 6.45) is 3.62. The number of phenolic OH excluding ortho intramolecular Hbond substituents is 1. The van der Waals surface area contributed by atoms with Gasteiger partial charge in [0.1, 0.15) is 5.56 Å². The molecule has 0 radical (unpaired) electrons. The van der Waals surface area contributed by atoms with E-state index in [1.54, 1.807) is 6.07 Å². The molecule has 0 saturated carbocycles. The molecule has 5 heteroatoms. The van der Waals surface area contributed by atoms with Crippen LogP contribution in [0.5, 0.6) is 11.5 Å². The highest BCUT2D eigenvalue weighted by Gasteiger charge is 2.21. The monoisotopic (exact) mass is 324 g/mol. The van der Waals surface area contributed by atoms with Crippen LogP contribution in [-0.2, 0) is 6.42 Å². The number of hydrogen-bond acceptors (Lipinski definition) is 3. The lowest BCUT2D eigenvalue weighted by Gasteiger charge is -2.17. The van der Waals surface area contributed by atoms with Crippen molar-refractivity contribution < 1.29 is 15.0 Å². The van der Waals surface area contributed by atoms with Crippen LogP contribution in [0.1, 0.15) is 35.3 Å². The van der Waals surface area contributed by atoms with E-state index in [-0.39, 0.29) is 17.4 Å². The van der Waals surface area contributed by atoms with E-state index in [1.807, 2.05) is 29.0 Å². The minimum Gasteiger partial charge on any atom is -0.504 e. The fourth-order valence-electron chi connectivity index (χ4n) is 3.07. The maximum Gasteiger partial charge on any atom is 0.254 e. The molecule has 0 aliphatic rings. The highest BCUT2D eigenvalue weighted by atomic mass is 16.3. The summed E-state index contributed by atoms with van der Waals surface area (Å²) in [6, 6.07) is 13.5. The van der Waals surface area contributed by atoms with Crippen molar-refractivity contribution in [1.82, 2.24) is 4.57 Å². The first-order valence-corrected chi connectivity index (χ1v) is 7.88. The summed E-state index contributed by atoms with van der Waals surface area (Å²) in [7, 11) is 0. The van der Waals surface area contributed by atoms with Crippen molar-refractivity contribution in [3.63, 3.8) is 0 Å². The van der Waals surface area contributed by atoms with E-state index in [0.29, 0.717) is 10.9 Å². The van der Waals surface area contributed by atoms with E-state index in [1.165, 1.54) is 11.6 Å². The highest BCUT2D eigenvalue weighted by molar-refractivity contribution is 6.08. The smallest absolute Gasteiger partial charge is 0.254 e. The van der Waals surface area contributed by atoms with Crippen LogP contribution in [-0.4, -0.2) is 20.7 Å². The molecule has 0 aliphatic carbocycles. The average molecular weight is 324 g/mol. The summed E-state index contributed by atoms with van der Waals surface area (Å²) in [6.45, 7) is 2.05. The SMILES string of the molecule is C[C@@H](CCc1ccccc1)n1ccc2cc(O)c(O)c(C(N)=O)c21. The van der Waals surface area contributed by atoms with Crippen molar-refractivity contribution >= 4 is 16.8 Å². The van der Waals surface area contributed by atoms with Gasteiger partial charge in [0.05, 0.1) is 5.52 Å². The highest BCUT2D eigenvalue weighted by Crippen LogP contribution is 2.37. The Labute approximate surface area is 140 Å². The largest absolute Gasteiger partial charge is 0.504 e. The number of aromatic nitrogens is 1. The van der Waals surface area contributed by atoms with E-state index < -0.39 is 11.7 Å². The first-order chi connectivity index (χ1) is 11.5. The van der Waals surface area contributed by atoms with Crippen molar-refractivity contribution in [2.75, 3.05) is 0 Å². The normalized spacial score (nSPS) is 12.4. The van der Waals surface area contributed by atoms with Crippen LogP contribution in [0.15, 0.2) is 48.7 Å². The molecule has 24 heavy (non-hydrogen) atoms. The quantitative estimate of drug-likeness (QED) is 0.629. The van der Waals surface area contributed by atoms with Crippen molar-refractivity contribution in [3.8, 4) is 11.5 Å². The average Bonchev–Trinajstić information content (AvgIpc) is 2.97. The van der Waals surface area contributed by atoms with Gasteiger partial charge >= 0.3 is 0 Å². The summed E-state index contributed by atoms with van der Waals surface area (Å²) in [5.74, 6) is -1.57. The minimum atomic E-state index is -0.761. The van der Waals surface area contributed by atoms with Gasteiger partial charge in [-0.2, -0.15) is 0 Å². The number of benzene rings is 2. The number of carbonyl (C=O) groups excluding carboxylic acids is 1. The van der Waals surface area contributed by atoms with E-state index in [9.17, 15) is 15.0 Å². The topological polar surface area (TPSA) is 88.5 Å². The molecule has 0 saturated heterocycles. The van der Waals surface area contributed by atoms with Gasteiger partial charge in [-0.1, -0.05) is 30.3 Å². The lowest BCUT2D eigenvalue weighted by molar-refractivity contribution is 0.0998. The van der Waals surface area contributed by atoms with Gasteiger partial charge in [0.15, 0.2) is 11.5 Å². The summed E-state index contributed by atoms with van der Waals surface area (Å²) in [5, 5.41) is 20.5. The second kappa shape index (κ2) is 6.28. The zero-order chi connectivity index (χ0) is 17.3. The van der Waals surface area contributed by atoms with E-state index in [0.717, 1.165) is 12.8 Å². The fourth-order valence-corrected chi connectivity index (χ4v) is 3.07. The molecule has 0 spiro atoms. The summed E-state index contributed by atoms with van der Waals surface area (Å²) in [4.78, 5) is 11.8. The number of nitrogens with zero attached hydrogens (tertiary/aromatic N) is 1. The lowest BCUT2D eigenvalue weighted by atomic mass is 10.0. The number of aromatic hydroxyl groups is 2. The Kier molecular flexibility index (Phi) is 4.16. The predicted molar refractivity (Wildman–Crippen MR) is 93.3 cm³/mol. The molecule has 0 fully saturated rings. The van der Waals surface area contributed by atoms with Gasteiger partial charge in [-0.25, -0.2) is 0 Å². The molecular formula is C19H20N2O3. The Morgan fingerprint density at radius 2 is 1.92 bits per heavy atom. The summed E-state index contributed by atoms with van der Waals surface area (Å²) in [5.41, 5.74) is 7.18. The van der Waals surface area contributed by atoms with Crippen molar-refractivity contribution in [1.29, 1.82) is 0 Å². The zero-order valence-corrected chi connectivity index (χ0v) is 13.4. The van der Waals surface area contributed by atoms with Gasteiger partial charge in [0.2, 0.25) is 0 Å². The van der Waals surface area contributed by atoms with Crippen LogP contribution in [0.25, 0.3) is 10.9 Å². The molecule has 0 bridgehead atoms. The number of carbonyl (C=O) groups is 1. The first kappa shape index (κ1) is 15.9. The number of hydrogen-bond donors (Lipinski definition) is 3. The fraction of sp³-hybridized carbons (Fsp3) is 0.211. The number of aryl methyl sites for hydroxylation is 1. The van der Waals surface area contributed by atoms with E-state index in [4.69, 9.17) is 5.73 Å². The third kappa shape index (κ3) is 2.80. The van der Waals surface area contributed by atoms with Gasteiger partial charge in [-0.15, -0.1) is 0 Å². The van der Waals surface area contributed by atoms with Crippen LogP contribution >= 0.6 is 0 Å². The van der Waals surface area contributed by atoms with Gasteiger partial charge in [0.25, 0.3) is 5.91 Å². The van der Waals surface area contributed by atoms with E-state index in [2.05, 4.69) is 19.1 Å². The Bertz CT molecular complexity index is 885. The number of amides is 1. The second-order valence-electron chi connectivity index (χ2n) is 6.02. The Morgan fingerprint density at radius 3 is 2.58 bits per heavy atom. The van der Waals surface area contributed by atoms with Crippen LogP contribution in [0, 0.1) is 0 Å². The number of nitrogens with two attached hydrogens (primary N) is 1. The molecule has 3 aromatic rings. The maximum absolute atomic E-state index is 11.8. The van der Waals surface area contributed by atoms with Crippen molar-refractivity contribution in [2.45, 2.75) is 25.8 Å². The van der Waals surface area contributed by atoms with Crippen LogP contribution < -0.4 is 5.73 Å². The zero-order valence-electron chi connectivity index (χ0n) is 13.4. The van der Waals surface area contributed by atoms with Crippen LogP contribution in [0.2, 0.25) is 0 Å². The molecule has 3 rings (SSSR count). The molecule has 0 unspecified atom stereocenters. The molecular weight excluding hydrogens is 304 g/mol. The third-order valence-corrected chi connectivity index (χ3v) is 4.37. The first-order valence-electron chi connectivity index (χ1n) is 7.88. The summed E-state index contributed by atoms with van der Waals surface area (Å²) >= 11 is 0. The molecule has 4 N–H and O–H groups in total. The van der Waals surface area contributed by atoms with E-state index >= 15 is 0 Å². The molecule has 1 atom stereocenters. The standard InChI is InChI=1S/C19H20N2O3/c1-12(7-8-13-5-3-2-4-6-13)21-10-9-14-11-15(22)18(23)16(17(14)21)19(20)24/h2-6,9-12,22-23H,7-8H2,1H3,(H2,20,24)/t12-/m0/s1.